The Bertz CT molecular complexity index is 717. The molecule has 2 amide bonds. The van der Waals surface area contributed by atoms with Gasteiger partial charge in [0.15, 0.2) is 0 Å². The number of urea groups is 1. The number of benzene rings is 2. The van der Waals surface area contributed by atoms with E-state index >= 15 is 0 Å². The average molecular weight is 326 g/mol. The van der Waals surface area contributed by atoms with E-state index in [0.717, 1.165) is 6.42 Å². The summed E-state index contributed by atoms with van der Waals surface area (Å²) >= 11 is 0. The molecular weight excluding hydrogens is 304 g/mol. The molecular formula is C19H22N2O3. The van der Waals surface area contributed by atoms with Crippen LogP contribution in [0.2, 0.25) is 0 Å². The van der Waals surface area contributed by atoms with Crippen molar-refractivity contribution < 1.29 is 14.3 Å². The molecule has 0 spiro atoms. The lowest BCUT2D eigenvalue weighted by Crippen LogP contribution is -2.40. The number of likely N-dealkylation sites (N-methyl/N-ethyl adjacent to an activating group) is 1. The third kappa shape index (κ3) is 3.86. The lowest BCUT2D eigenvalue weighted by Gasteiger charge is -2.29. The van der Waals surface area contributed by atoms with Gasteiger partial charge in [-0.1, -0.05) is 30.3 Å². The van der Waals surface area contributed by atoms with E-state index in [9.17, 15) is 4.79 Å². The quantitative estimate of drug-likeness (QED) is 0.938. The molecule has 126 valence electrons. The first-order valence-corrected chi connectivity index (χ1v) is 8.00. The highest BCUT2D eigenvalue weighted by atomic mass is 16.5. The predicted octanol–water partition coefficient (Wildman–Crippen LogP) is 3.30. The maximum absolute atomic E-state index is 12.3. The molecule has 1 aliphatic heterocycles. The van der Waals surface area contributed by atoms with E-state index in [1.165, 1.54) is 11.1 Å². The van der Waals surface area contributed by atoms with E-state index in [-0.39, 0.29) is 12.1 Å². The Morgan fingerprint density at radius 1 is 1.25 bits per heavy atom. The van der Waals surface area contributed by atoms with Gasteiger partial charge >= 0.3 is 6.03 Å². The van der Waals surface area contributed by atoms with Crippen molar-refractivity contribution in [1.29, 1.82) is 0 Å². The first-order valence-electron chi connectivity index (χ1n) is 8.00. The van der Waals surface area contributed by atoms with E-state index < -0.39 is 0 Å². The summed E-state index contributed by atoms with van der Waals surface area (Å²) in [5.41, 5.74) is 3.24. The first kappa shape index (κ1) is 16.3. The molecule has 1 atom stereocenters. The van der Waals surface area contributed by atoms with Crippen LogP contribution in [0.5, 0.6) is 5.75 Å². The molecule has 5 heteroatoms. The highest BCUT2D eigenvalue weighted by molar-refractivity contribution is 5.89. The summed E-state index contributed by atoms with van der Waals surface area (Å²) in [5, 5.41) is 2.88. The van der Waals surface area contributed by atoms with Gasteiger partial charge in [-0.25, -0.2) is 4.79 Å². The van der Waals surface area contributed by atoms with Gasteiger partial charge in [-0.05, 0) is 23.3 Å². The second kappa shape index (κ2) is 7.36. The Morgan fingerprint density at radius 3 is 2.83 bits per heavy atom. The smallest absolute Gasteiger partial charge is 0.321 e. The standard InChI is InChI=1S/C19H22N2O3/c1-21(19(22)20-16-8-5-9-17(11-16)23-2)12-18-10-14-6-3-4-7-15(14)13-24-18/h3-9,11,18H,10,12-13H2,1-2H3,(H,20,22). The fourth-order valence-corrected chi connectivity index (χ4v) is 2.83. The van der Waals surface area contributed by atoms with Gasteiger partial charge in [0.2, 0.25) is 0 Å². The predicted molar refractivity (Wildman–Crippen MR) is 93.4 cm³/mol. The van der Waals surface area contributed by atoms with Crippen LogP contribution in [0.15, 0.2) is 48.5 Å². The number of anilines is 1. The third-order valence-corrected chi connectivity index (χ3v) is 4.19. The molecule has 1 aliphatic rings. The number of carbonyl (C=O) groups excluding carboxylic acids is 1. The number of amides is 2. The number of methoxy groups -OCH3 is 1. The van der Waals surface area contributed by atoms with Gasteiger partial charge in [-0.3, -0.25) is 0 Å². The van der Waals surface area contributed by atoms with Gasteiger partial charge < -0.3 is 19.7 Å². The summed E-state index contributed by atoms with van der Waals surface area (Å²) in [7, 11) is 3.38. The summed E-state index contributed by atoms with van der Waals surface area (Å²) < 4.78 is 11.0. The Kier molecular flexibility index (Phi) is 5.01. The molecule has 0 saturated carbocycles. The highest BCUT2D eigenvalue weighted by Gasteiger charge is 2.22. The van der Waals surface area contributed by atoms with Gasteiger partial charge in [-0.15, -0.1) is 0 Å². The summed E-state index contributed by atoms with van der Waals surface area (Å²) in [4.78, 5) is 14.0. The molecule has 1 heterocycles. The molecule has 0 aliphatic carbocycles. The Hall–Kier alpha value is -2.53. The number of hydrogen-bond acceptors (Lipinski definition) is 3. The maximum Gasteiger partial charge on any atom is 0.321 e. The van der Waals surface area contributed by atoms with Crippen molar-refractivity contribution in [3.8, 4) is 5.75 Å². The Labute approximate surface area is 142 Å². The largest absolute Gasteiger partial charge is 0.497 e. The zero-order valence-corrected chi connectivity index (χ0v) is 14.0. The fourth-order valence-electron chi connectivity index (χ4n) is 2.83. The monoisotopic (exact) mass is 326 g/mol. The molecule has 0 bridgehead atoms. The first-order chi connectivity index (χ1) is 11.7. The minimum Gasteiger partial charge on any atom is -0.497 e. The number of nitrogens with one attached hydrogen (secondary N) is 1. The van der Waals surface area contributed by atoms with Crippen LogP contribution >= 0.6 is 0 Å². The van der Waals surface area contributed by atoms with Crippen LogP contribution < -0.4 is 10.1 Å². The van der Waals surface area contributed by atoms with Crippen molar-refractivity contribution in [2.75, 3.05) is 26.0 Å². The molecule has 24 heavy (non-hydrogen) atoms. The number of rotatable bonds is 4. The minimum absolute atomic E-state index is 0.0148. The van der Waals surface area contributed by atoms with Gasteiger partial charge in [0, 0.05) is 31.8 Å². The normalized spacial score (nSPS) is 16.2. The van der Waals surface area contributed by atoms with Gasteiger partial charge in [0.25, 0.3) is 0 Å². The van der Waals surface area contributed by atoms with Crippen molar-refractivity contribution in [3.05, 3.63) is 59.7 Å². The Morgan fingerprint density at radius 2 is 2.04 bits per heavy atom. The zero-order chi connectivity index (χ0) is 16.9. The highest BCUT2D eigenvalue weighted by Crippen LogP contribution is 2.21. The average Bonchev–Trinajstić information content (AvgIpc) is 2.61. The molecule has 1 N–H and O–H groups in total. The van der Waals surface area contributed by atoms with Gasteiger partial charge in [0.05, 0.1) is 19.8 Å². The fraction of sp³-hybridized carbons (Fsp3) is 0.316. The van der Waals surface area contributed by atoms with E-state index in [1.807, 2.05) is 30.3 Å². The molecule has 0 fully saturated rings. The van der Waals surface area contributed by atoms with E-state index in [4.69, 9.17) is 9.47 Å². The summed E-state index contributed by atoms with van der Waals surface area (Å²) in [6, 6.07) is 15.4. The van der Waals surface area contributed by atoms with Crippen molar-refractivity contribution in [3.63, 3.8) is 0 Å². The van der Waals surface area contributed by atoms with E-state index in [1.54, 1.807) is 25.1 Å². The van der Waals surface area contributed by atoms with Crippen LogP contribution in [0.25, 0.3) is 0 Å². The van der Waals surface area contributed by atoms with Crippen LogP contribution in [-0.2, 0) is 17.8 Å². The van der Waals surface area contributed by atoms with Crippen LogP contribution in [0, 0.1) is 0 Å². The molecule has 0 saturated heterocycles. The summed E-state index contributed by atoms with van der Waals surface area (Å²) in [6.45, 7) is 1.15. The number of ether oxygens (including phenoxy) is 2. The molecule has 2 aromatic carbocycles. The molecule has 0 aromatic heterocycles. The second-order valence-corrected chi connectivity index (χ2v) is 5.95. The lowest BCUT2D eigenvalue weighted by molar-refractivity contribution is 0.0159. The van der Waals surface area contributed by atoms with Crippen LogP contribution in [0.3, 0.4) is 0 Å². The topological polar surface area (TPSA) is 50.8 Å². The number of hydrogen-bond donors (Lipinski definition) is 1. The lowest BCUT2D eigenvalue weighted by atomic mass is 9.99. The molecule has 5 nitrogen and oxygen atoms in total. The number of nitrogens with zero attached hydrogens (tertiary/aromatic N) is 1. The summed E-state index contributed by atoms with van der Waals surface area (Å²) in [5.74, 6) is 0.711. The van der Waals surface area contributed by atoms with Gasteiger partial charge in [0.1, 0.15) is 5.75 Å². The third-order valence-electron chi connectivity index (χ3n) is 4.19. The van der Waals surface area contributed by atoms with Crippen LogP contribution in [-0.4, -0.2) is 37.7 Å². The molecule has 1 unspecified atom stereocenters. The van der Waals surface area contributed by atoms with Gasteiger partial charge in [-0.2, -0.15) is 0 Å². The van der Waals surface area contributed by atoms with Crippen LogP contribution in [0.1, 0.15) is 11.1 Å². The zero-order valence-electron chi connectivity index (χ0n) is 14.0. The Balaban J connectivity index is 1.57. The molecule has 3 rings (SSSR count). The van der Waals surface area contributed by atoms with E-state index in [2.05, 4.69) is 17.4 Å². The second-order valence-electron chi connectivity index (χ2n) is 5.95. The summed E-state index contributed by atoms with van der Waals surface area (Å²) in [6.07, 6.45) is 0.841. The SMILES string of the molecule is COc1cccc(NC(=O)N(C)CC2Cc3ccccc3CO2)c1. The number of fused-ring (bicyclic) bond motifs is 1. The van der Waals surface area contributed by atoms with Crippen molar-refractivity contribution in [2.45, 2.75) is 19.1 Å². The molecule has 2 aromatic rings. The van der Waals surface area contributed by atoms with Crippen molar-refractivity contribution >= 4 is 11.7 Å². The maximum atomic E-state index is 12.3. The van der Waals surface area contributed by atoms with E-state index in [0.29, 0.717) is 24.6 Å². The van der Waals surface area contributed by atoms with Crippen molar-refractivity contribution in [2.24, 2.45) is 0 Å². The molecule has 0 radical (unpaired) electrons. The van der Waals surface area contributed by atoms with Crippen molar-refractivity contribution in [1.82, 2.24) is 4.90 Å². The van der Waals surface area contributed by atoms with Crippen LogP contribution in [0.4, 0.5) is 10.5 Å². The number of carbonyl (C=O) groups is 1. The minimum atomic E-state index is -0.161.